The predicted molar refractivity (Wildman–Crippen MR) is 77.2 cm³/mol. The Labute approximate surface area is 122 Å². The first-order valence-electron chi connectivity index (χ1n) is 6.12. The lowest BCUT2D eigenvalue weighted by molar-refractivity contribution is -0.126. The first kappa shape index (κ1) is 16.0. The van der Waals surface area contributed by atoms with Crippen LogP contribution in [0.4, 0.5) is 5.69 Å². The normalized spacial score (nSPS) is 11.6. The molecule has 1 aromatic rings. The standard InChI is InChI=1S/C14H16ClN3O2/c1-8(2)13(17-9(3)19)14(20)18-11-4-5-12(15)10(6-11)7-16/h4-6,8,13H,1-3H3,(H,17,19)(H,18,20)/t13-/m0/s1. The molecule has 1 atom stereocenters. The van der Waals surface area contributed by atoms with Crippen molar-refractivity contribution in [2.24, 2.45) is 5.92 Å². The molecule has 0 aliphatic heterocycles. The number of anilines is 1. The van der Waals surface area contributed by atoms with Crippen molar-refractivity contribution in [3.05, 3.63) is 28.8 Å². The lowest BCUT2D eigenvalue weighted by Gasteiger charge is -2.21. The largest absolute Gasteiger partial charge is 0.344 e. The highest BCUT2D eigenvalue weighted by molar-refractivity contribution is 6.31. The number of benzene rings is 1. The highest BCUT2D eigenvalue weighted by atomic mass is 35.5. The van der Waals surface area contributed by atoms with Gasteiger partial charge < -0.3 is 10.6 Å². The van der Waals surface area contributed by atoms with Gasteiger partial charge in [0.05, 0.1) is 10.6 Å². The maximum atomic E-state index is 12.1. The summed E-state index contributed by atoms with van der Waals surface area (Å²) in [5.74, 6) is -0.657. The molecule has 0 aromatic heterocycles. The second-order valence-corrected chi connectivity index (χ2v) is 5.13. The first-order chi connectivity index (χ1) is 9.35. The Morgan fingerprint density at radius 3 is 2.50 bits per heavy atom. The molecule has 2 amide bonds. The summed E-state index contributed by atoms with van der Waals surface area (Å²) >= 11 is 5.82. The second-order valence-electron chi connectivity index (χ2n) is 4.72. The highest BCUT2D eigenvalue weighted by Gasteiger charge is 2.23. The van der Waals surface area contributed by atoms with Crippen LogP contribution < -0.4 is 10.6 Å². The number of carbonyl (C=O) groups excluding carboxylic acids is 2. The summed E-state index contributed by atoms with van der Waals surface area (Å²) in [6, 6.07) is 5.94. The van der Waals surface area contributed by atoms with Crippen molar-refractivity contribution < 1.29 is 9.59 Å². The van der Waals surface area contributed by atoms with Crippen LogP contribution in [0.2, 0.25) is 5.02 Å². The summed E-state index contributed by atoms with van der Waals surface area (Å²) in [4.78, 5) is 23.2. The van der Waals surface area contributed by atoms with Crippen molar-refractivity contribution in [2.75, 3.05) is 5.32 Å². The Morgan fingerprint density at radius 1 is 1.35 bits per heavy atom. The number of nitriles is 1. The minimum Gasteiger partial charge on any atom is -0.344 e. The number of nitrogens with one attached hydrogen (secondary N) is 2. The second kappa shape index (κ2) is 6.92. The fourth-order valence-electron chi connectivity index (χ4n) is 1.66. The molecule has 6 heteroatoms. The molecule has 106 valence electrons. The Balaban J connectivity index is 2.88. The van der Waals surface area contributed by atoms with Gasteiger partial charge in [-0.15, -0.1) is 0 Å². The Hall–Kier alpha value is -2.06. The summed E-state index contributed by atoms with van der Waals surface area (Å²) in [5.41, 5.74) is 0.747. The van der Waals surface area contributed by atoms with E-state index in [1.807, 2.05) is 19.9 Å². The molecule has 0 saturated heterocycles. The molecular formula is C14H16ClN3O2. The van der Waals surface area contributed by atoms with Crippen LogP contribution in [-0.2, 0) is 9.59 Å². The Morgan fingerprint density at radius 2 is 2.00 bits per heavy atom. The van der Waals surface area contributed by atoms with Gasteiger partial charge in [-0.1, -0.05) is 25.4 Å². The zero-order chi connectivity index (χ0) is 15.3. The number of halogens is 1. The van der Waals surface area contributed by atoms with Crippen LogP contribution in [0.25, 0.3) is 0 Å². The third-order valence-corrected chi connectivity index (χ3v) is 2.99. The number of rotatable bonds is 4. The van der Waals surface area contributed by atoms with E-state index in [-0.39, 0.29) is 23.3 Å². The molecule has 2 N–H and O–H groups in total. The van der Waals surface area contributed by atoms with Gasteiger partial charge in [0.25, 0.3) is 0 Å². The van der Waals surface area contributed by atoms with Crippen LogP contribution in [0, 0.1) is 17.2 Å². The molecule has 0 fully saturated rings. The van der Waals surface area contributed by atoms with Crippen LogP contribution in [0.1, 0.15) is 26.3 Å². The zero-order valence-electron chi connectivity index (χ0n) is 11.5. The zero-order valence-corrected chi connectivity index (χ0v) is 12.3. The van der Waals surface area contributed by atoms with Gasteiger partial charge in [0.1, 0.15) is 12.1 Å². The van der Waals surface area contributed by atoms with E-state index in [2.05, 4.69) is 10.6 Å². The molecule has 1 rings (SSSR count). The van der Waals surface area contributed by atoms with Crippen molar-refractivity contribution in [1.82, 2.24) is 5.32 Å². The molecule has 1 aromatic carbocycles. The summed E-state index contributed by atoms with van der Waals surface area (Å²) < 4.78 is 0. The summed E-state index contributed by atoms with van der Waals surface area (Å²) in [5, 5.41) is 14.5. The summed E-state index contributed by atoms with van der Waals surface area (Å²) in [6.07, 6.45) is 0. The van der Waals surface area contributed by atoms with Crippen molar-refractivity contribution >= 4 is 29.1 Å². The SMILES string of the molecule is CC(=O)N[C@H](C(=O)Nc1ccc(Cl)c(C#N)c1)C(C)C. The maximum Gasteiger partial charge on any atom is 0.247 e. The monoisotopic (exact) mass is 293 g/mol. The molecule has 0 bridgehead atoms. The molecule has 0 radical (unpaired) electrons. The molecule has 0 heterocycles. The van der Waals surface area contributed by atoms with Crippen LogP contribution in [-0.4, -0.2) is 17.9 Å². The number of nitrogens with zero attached hydrogens (tertiary/aromatic N) is 1. The smallest absolute Gasteiger partial charge is 0.247 e. The topological polar surface area (TPSA) is 82.0 Å². The van der Waals surface area contributed by atoms with E-state index in [1.165, 1.54) is 13.0 Å². The summed E-state index contributed by atoms with van der Waals surface area (Å²) in [7, 11) is 0. The van der Waals surface area contributed by atoms with Crippen LogP contribution >= 0.6 is 11.6 Å². The van der Waals surface area contributed by atoms with Gasteiger partial charge in [-0.25, -0.2) is 0 Å². The quantitative estimate of drug-likeness (QED) is 0.893. The molecule has 0 aliphatic carbocycles. The summed E-state index contributed by atoms with van der Waals surface area (Å²) in [6.45, 7) is 5.03. The molecule has 20 heavy (non-hydrogen) atoms. The van der Waals surface area contributed by atoms with Crippen molar-refractivity contribution in [3.63, 3.8) is 0 Å². The number of hydrogen-bond donors (Lipinski definition) is 2. The van der Waals surface area contributed by atoms with Gasteiger partial charge in [0.15, 0.2) is 0 Å². The molecule has 0 saturated carbocycles. The molecular weight excluding hydrogens is 278 g/mol. The van der Waals surface area contributed by atoms with Crippen molar-refractivity contribution in [2.45, 2.75) is 26.8 Å². The minimum atomic E-state index is -0.631. The van der Waals surface area contributed by atoms with E-state index >= 15 is 0 Å². The van der Waals surface area contributed by atoms with Gasteiger partial charge >= 0.3 is 0 Å². The first-order valence-corrected chi connectivity index (χ1v) is 6.50. The number of carbonyl (C=O) groups is 2. The van der Waals surface area contributed by atoms with E-state index in [9.17, 15) is 9.59 Å². The van der Waals surface area contributed by atoms with Crippen LogP contribution in [0.15, 0.2) is 18.2 Å². The van der Waals surface area contributed by atoms with Gasteiger partial charge in [-0.05, 0) is 24.1 Å². The predicted octanol–water partition coefficient (Wildman–Crippen LogP) is 2.31. The van der Waals surface area contributed by atoms with Gasteiger partial charge in [0, 0.05) is 12.6 Å². The van der Waals surface area contributed by atoms with Gasteiger partial charge in [0.2, 0.25) is 11.8 Å². The van der Waals surface area contributed by atoms with Crippen molar-refractivity contribution in [3.8, 4) is 6.07 Å². The molecule has 0 spiro atoms. The fourth-order valence-corrected chi connectivity index (χ4v) is 1.82. The highest BCUT2D eigenvalue weighted by Crippen LogP contribution is 2.20. The lowest BCUT2D eigenvalue weighted by atomic mass is 10.0. The molecule has 0 aliphatic rings. The number of hydrogen-bond acceptors (Lipinski definition) is 3. The third kappa shape index (κ3) is 4.25. The third-order valence-electron chi connectivity index (χ3n) is 2.66. The van der Waals surface area contributed by atoms with E-state index < -0.39 is 6.04 Å². The van der Waals surface area contributed by atoms with Gasteiger partial charge in [-0.2, -0.15) is 5.26 Å². The van der Waals surface area contributed by atoms with E-state index in [0.29, 0.717) is 10.7 Å². The fraction of sp³-hybridized carbons (Fsp3) is 0.357. The maximum absolute atomic E-state index is 12.1. The number of amides is 2. The van der Waals surface area contributed by atoms with E-state index in [4.69, 9.17) is 16.9 Å². The average Bonchev–Trinajstić information content (AvgIpc) is 2.37. The van der Waals surface area contributed by atoms with E-state index in [0.717, 1.165) is 0 Å². The lowest BCUT2D eigenvalue weighted by Crippen LogP contribution is -2.46. The Bertz CT molecular complexity index is 564. The van der Waals surface area contributed by atoms with Crippen LogP contribution in [0.5, 0.6) is 0 Å². The minimum absolute atomic E-state index is 0.0540. The van der Waals surface area contributed by atoms with E-state index in [1.54, 1.807) is 12.1 Å². The van der Waals surface area contributed by atoms with Crippen LogP contribution in [0.3, 0.4) is 0 Å². The molecule has 5 nitrogen and oxygen atoms in total. The van der Waals surface area contributed by atoms with Crippen molar-refractivity contribution in [1.29, 1.82) is 5.26 Å². The molecule has 0 unspecified atom stereocenters. The van der Waals surface area contributed by atoms with Gasteiger partial charge in [-0.3, -0.25) is 9.59 Å². The Kier molecular flexibility index (Phi) is 5.53. The average molecular weight is 294 g/mol.